The second-order valence-electron chi connectivity index (χ2n) is 6.76. The van der Waals surface area contributed by atoms with Crippen molar-refractivity contribution in [3.05, 3.63) is 28.7 Å². The number of nitrogens with zero attached hydrogens (tertiary/aromatic N) is 3. The van der Waals surface area contributed by atoms with Gasteiger partial charge in [0, 0.05) is 30.4 Å². The quantitative estimate of drug-likeness (QED) is 0.775. The summed E-state index contributed by atoms with van der Waals surface area (Å²) in [7, 11) is 0. The molecule has 3 heterocycles. The van der Waals surface area contributed by atoms with Crippen molar-refractivity contribution in [3.63, 3.8) is 0 Å². The van der Waals surface area contributed by atoms with Gasteiger partial charge in [-0.2, -0.15) is 0 Å². The molecule has 0 saturated carbocycles. The highest BCUT2D eigenvalue weighted by Crippen LogP contribution is 2.43. The molecule has 3 rings (SSSR count). The first-order valence-corrected chi connectivity index (χ1v) is 9.54. The molecule has 23 heavy (non-hydrogen) atoms. The lowest BCUT2D eigenvalue weighted by atomic mass is 9.77. The highest BCUT2D eigenvalue weighted by Gasteiger charge is 2.52. The van der Waals surface area contributed by atoms with Gasteiger partial charge in [0.15, 0.2) is 0 Å². The summed E-state index contributed by atoms with van der Waals surface area (Å²) < 4.78 is 0. The van der Waals surface area contributed by atoms with Crippen LogP contribution in [0.25, 0.3) is 0 Å². The Labute approximate surface area is 143 Å². The summed E-state index contributed by atoms with van der Waals surface area (Å²) in [6.45, 7) is 11.0. The molecule has 0 aliphatic carbocycles. The molecule has 1 amide bonds. The third kappa shape index (κ3) is 2.85. The Morgan fingerprint density at radius 1 is 1.52 bits per heavy atom. The van der Waals surface area contributed by atoms with Crippen LogP contribution in [0.1, 0.15) is 49.6 Å². The van der Waals surface area contributed by atoms with E-state index in [9.17, 15) is 4.79 Å². The number of amides is 1. The van der Waals surface area contributed by atoms with E-state index >= 15 is 0 Å². The van der Waals surface area contributed by atoms with Crippen molar-refractivity contribution in [2.45, 2.75) is 64.1 Å². The SMILES string of the molecule is C=CCN1C(=O)CC[C@]12CCCN(Cc1scnc1C)[C@H]2CC. The van der Waals surface area contributed by atoms with E-state index in [1.54, 1.807) is 11.3 Å². The zero-order valence-corrected chi connectivity index (χ0v) is 15.1. The predicted octanol–water partition coefficient (Wildman–Crippen LogP) is 3.37. The molecule has 2 atom stereocenters. The molecule has 126 valence electrons. The number of piperidine rings is 1. The monoisotopic (exact) mass is 333 g/mol. The van der Waals surface area contributed by atoms with Crippen LogP contribution in [0.3, 0.4) is 0 Å². The normalized spacial score (nSPS) is 28.7. The maximum Gasteiger partial charge on any atom is 0.223 e. The van der Waals surface area contributed by atoms with Gasteiger partial charge in [0.05, 0.1) is 16.7 Å². The van der Waals surface area contributed by atoms with Gasteiger partial charge in [-0.05, 0) is 39.2 Å². The van der Waals surface area contributed by atoms with Crippen LogP contribution in [0.4, 0.5) is 0 Å². The largest absolute Gasteiger partial charge is 0.332 e. The number of carbonyl (C=O) groups excluding carboxylic acids is 1. The zero-order valence-electron chi connectivity index (χ0n) is 14.3. The van der Waals surface area contributed by atoms with E-state index in [4.69, 9.17) is 0 Å². The van der Waals surface area contributed by atoms with E-state index in [0.717, 1.165) is 44.5 Å². The minimum atomic E-state index is 0.0108. The Balaban J connectivity index is 1.87. The van der Waals surface area contributed by atoms with Crippen LogP contribution < -0.4 is 0 Å². The molecule has 2 saturated heterocycles. The van der Waals surface area contributed by atoms with Crippen LogP contribution in [-0.4, -0.2) is 45.4 Å². The first-order chi connectivity index (χ1) is 11.1. The first-order valence-electron chi connectivity index (χ1n) is 8.66. The van der Waals surface area contributed by atoms with Crippen LogP contribution in [0, 0.1) is 6.92 Å². The van der Waals surface area contributed by atoms with E-state index in [0.29, 0.717) is 24.9 Å². The van der Waals surface area contributed by atoms with Crippen LogP contribution in [-0.2, 0) is 11.3 Å². The van der Waals surface area contributed by atoms with Gasteiger partial charge in [-0.15, -0.1) is 17.9 Å². The predicted molar refractivity (Wildman–Crippen MR) is 94.4 cm³/mol. The number of thiazole rings is 1. The molecule has 5 heteroatoms. The zero-order chi connectivity index (χ0) is 16.4. The van der Waals surface area contributed by atoms with Crippen molar-refractivity contribution >= 4 is 17.2 Å². The van der Waals surface area contributed by atoms with Gasteiger partial charge < -0.3 is 4.90 Å². The second kappa shape index (κ2) is 6.73. The number of aromatic nitrogens is 1. The fourth-order valence-corrected chi connectivity index (χ4v) is 5.40. The van der Waals surface area contributed by atoms with Crippen molar-refractivity contribution in [3.8, 4) is 0 Å². The molecule has 0 bridgehead atoms. The maximum absolute atomic E-state index is 12.4. The summed E-state index contributed by atoms with van der Waals surface area (Å²) in [5, 5.41) is 0. The third-order valence-electron chi connectivity index (χ3n) is 5.62. The Morgan fingerprint density at radius 2 is 2.35 bits per heavy atom. The van der Waals surface area contributed by atoms with Gasteiger partial charge in [0.25, 0.3) is 0 Å². The Bertz CT molecular complexity index is 585. The van der Waals surface area contributed by atoms with E-state index < -0.39 is 0 Å². The minimum absolute atomic E-state index is 0.0108. The van der Waals surface area contributed by atoms with Crippen molar-refractivity contribution < 1.29 is 4.79 Å². The molecule has 2 fully saturated rings. The molecule has 1 spiro atoms. The Kier molecular flexibility index (Phi) is 4.87. The Hall–Kier alpha value is -1.20. The average Bonchev–Trinajstić information content (AvgIpc) is 3.07. The smallest absolute Gasteiger partial charge is 0.223 e. The molecule has 1 aromatic rings. The summed E-state index contributed by atoms with van der Waals surface area (Å²) in [6, 6.07) is 0.434. The number of rotatable bonds is 5. The van der Waals surface area contributed by atoms with Crippen LogP contribution in [0.15, 0.2) is 18.2 Å². The molecule has 1 aromatic heterocycles. The molecule has 2 aliphatic rings. The lowest BCUT2D eigenvalue weighted by Gasteiger charge is -2.52. The fourth-order valence-electron chi connectivity index (χ4n) is 4.60. The summed E-state index contributed by atoms with van der Waals surface area (Å²) in [6.07, 6.45) is 6.94. The fraction of sp³-hybridized carbons (Fsp3) is 0.667. The summed E-state index contributed by atoms with van der Waals surface area (Å²) in [5.74, 6) is 0.305. The molecular formula is C18H27N3OS. The maximum atomic E-state index is 12.4. The molecule has 4 nitrogen and oxygen atoms in total. The van der Waals surface area contributed by atoms with E-state index in [1.807, 2.05) is 11.6 Å². The topological polar surface area (TPSA) is 36.4 Å². The van der Waals surface area contributed by atoms with E-state index in [-0.39, 0.29) is 5.54 Å². The highest BCUT2D eigenvalue weighted by molar-refractivity contribution is 7.09. The van der Waals surface area contributed by atoms with Gasteiger partial charge >= 0.3 is 0 Å². The van der Waals surface area contributed by atoms with Gasteiger partial charge in [0.2, 0.25) is 5.91 Å². The number of carbonyl (C=O) groups is 1. The molecule has 0 radical (unpaired) electrons. The summed E-state index contributed by atoms with van der Waals surface area (Å²) in [4.78, 5) is 22.9. The molecule has 2 aliphatic heterocycles. The third-order valence-corrected chi connectivity index (χ3v) is 6.54. The van der Waals surface area contributed by atoms with Gasteiger partial charge in [0.1, 0.15) is 0 Å². The number of likely N-dealkylation sites (tertiary alicyclic amines) is 2. The van der Waals surface area contributed by atoms with Gasteiger partial charge in [-0.3, -0.25) is 9.69 Å². The summed E-state index contributed by atoms with van der Waals surface area (Å²) >= 11 is 1.75. The number of hydrogen-bond donors (Lipinski definition) is 0. The van der Waals surface area contributed by atoms with Crippen molar-refractivity contribution in [1.29, 1.82) is 0 Å². The minimum Gasteiger partial charge on any atom is -0.332 e. The average molecular weight is 334 g/mol. The first kappa shape index (κ1) is 16.7. The van der Waals surface area contributed by atoms with E-state index in [1.165, 1.54) is 4.88 Å². The summed E-state index contributed by atoms with van der Waals surface area (Å²) in [5.41, 5.74) is 3.10. The second-order valence-corrected chi connectivity index (χ2v) is 7.69. The van der Waals surface area contributed by atoms with Crippen LogP contribution in [0.5, 0.6) is 0 Å². The van der Waals surface area contributed by atoms with E-state index in [2.05, 4.69) is 35.2 Å². The molecular weight excluding hydrogens is 306 g/mol. The number of aryl methyl sites for hydroxylation is 1. The van der Waals surface area contributed by atoms with Crippen molar-refractivity contribution in [2.75, 3.05) is 13.1 Å². The number of hydrogen-bond acceptors (Lipinski definition) is 4. The van der Waals surface area contributed by atoms with Crippen molar-refractivity contribution in [2.24, 2.45) is 0 Å². The standard InChI is InChI=1S/C18H27N3OS/c1-4-10-21-17(22)7-9-18(21)8-6-11-20(16(18)5-2)12-15-14(3)19-13-23-15/h4,13,16H,1,5-12H2,2-3H3/t16-,18-/m0/s1. The lowest BCUT2D eigenvalue weighted by Crippen LogP contribution is -2.62. The van der Waals surface area contributed by atoms with Crippen LogP contribution >= 0.6 is 11.3 Å². The van der Waals surface area contributed by atoms with Gasteiger partial charge in [-0.1, -0.05) is 13.0 Å². The van der Waals surface area contributed by atoms with Gasteiger partial charge in [-0.25, -0.2) is 4.98 Å². The molecule has 0 aromatic carbocycles. The van der Waals surface area contributed by atoms with Crippen molar-refractivity contribution in [1.82, 2.24) is 14.8 Å². The lowest BCUT2D eigenvalue weighted by molar-refractivity contribution is -0.134. The van der Waals surface area contributed by atoms with Crippen LogP contribution in [0.2, 0.25) is 0 Å². The highest BCUT2D eigenvalue weighted by atomic mass is 32.1. The molecule has 0 unspecified atom stereocenters. The Morgan fingerprint density at radius 3 is 3.00 bits per heavy atom. The molecule has 0 N–H and O–H groups in total.